The Morgan fingerprint density at radius 3 is 2.73 bits per heavy atom. The number of anilines is 1. The molecule has 2 N–H and O–H groups in total. The fraction of sp³-hybridized carbons (Fsp3) is 0.600. The predicted molar refractivity (Wildman–Crippen MR) is 85.1 cm³/mol. The fourth-order valence-electron chi connectivity index (χ4n) is 1.93. The maximum atomic E-state index is 5.49. The van der Waals surface area contributed by atoms with Crippen molar-refractivity contribution in [3.05, 3.63) is 23.4 Å². The van der Waals surface area contributed by atoms with Gasteiger partial charge in [0.05, 0.1) is 12.6 Å². The Balaban J connectivity index is 2.09. The average Bonchev–Trinajstić information content (AvgIpc) is 3.00. The quantitative estimate of drug-likeness (QED) is 0.817. The van der Waals surface area contributed by atoms with Gasteiger partial charge in [-0.25, -0.2) is 9.97 Å². The van der Waals surface area contributed by atoms with Crippen LogP contribution in [0.1, 0.15) is 63.3 Å². The lowest BCUT2D eigenvalue weighted by atomic mass is 10.1. The first-order valence-electron chi connectivity index (χ1n) is 7.70. The summed E-state index contributed by atoms with van der Waals surface area (Å²) in [5.41, 5.74) is 0.916. The van der Waals surface area contributed by atoms with Crippen LogP contribution in [-0.2, 0) is 0 Å². The Hall–Kier alpha value is -2.18. The van der Waals surface area contributed by atoms with Crippen molar-refractivity contribution in [2.75, 3.05) is 11.9 Å². The van der Waals surface area contributed by atoms with E-state index >= 15 is 0 Å². The number of nitrogens with one attached hydrogen (secondary N) is 2. The van der Waals surface area contributed by atoms with Crippen LogP contribution in [0.25, 0.3) is 0 Å². The number of nitrogens with zero attached hydrogens (tertiary/aromatic N) is 4. The number of hydrogen-bond donors (Lipinski definition) is 2. The van der Waals surface area contributed by atoms with Gasteiger partial charge in [0, 0.05) is 17.7 Å². The number of rotatable bonds is 7. The van der Waals surface area contributed by atoms with Crippen molar-refractivity contribution in [2.45, 2.75) is 53.0 Å². The topological polar surface area (TPSA) is 88.6 Å². The molecule has 0 saturated carbocycles. The summed E-state index contributed by atoms with van der Waals surface area (Å²) in [5.74, 6) is 3.08. The van der Waals surface area contributed by atoms with Gasteiger partial charge in [-0.1, -0.05) is 13.8 Å². The van der Waals surface area contributed by atoms with Crippen LogP contribution < -0.4 is 10.1 Å². The molecule has 120 valence electrons. The Labute approximate surface area is 130 Å². The van der Waals surface area contributed by atoms with Crippen molar-refractivity contribution in [3.8, 4) is 5.88 Å². The minimum atomic E-state index is -0.0671. The highest BCUT2D eigenvalue weighted by atomic mass is 16.5. The number of aromatic amines is 1. The van der Waals surface area contributed by atoms with E-state index < -0.39 is 0 Å². The van der Waals surface area contributed by atoms with Gasteiger partial charge in [-0.3, -0.25) is 5.10 Å². The highest BCUT2D eigenvalue weighted by Crippen LogP contribution is 2.20. The van der Waals surface area contributed by atoms with Crippen LogP contribution in [0.4, 0.5) is 5.95 Å². The number of hydrogen-bond acceptors (Lipinski definition) is 6. The second-order valence-corrected chi connectivity index (χ2v) is 5.37. The largest absolute Gasteiger partial charge is 0.478 e. The van der Waals surface area contributed by atoms with Gasteiger partial charge >= 0.3 is 0 Å². The Bertz CT molecular complexity index is 612. The summed E-state index contributed by atoms with van der Waals surface area (Å²) in [6, 6.07) is -0.0671. The van der Waals surface area contributed by atoms with Crippen molar-refractivity contribution in [1.29, 1.82) is 0 Å². The molecule has 0 aromatic carbocycles. The van der Waals surface area contributed by atoms with Crippen LogP contribution in [0.2, 0.25) is 0 Å². The maximum absolute atomic E-state index is 5.49. The van der Waals surface area contributed by atoms with Crippen molar-refractivity contribution < 1.29 is 4.74 Å². The van der Waals surface area contributed by atoms with Crippen molar-refractivity contribution in [3.63, 3.8) is 0 Å². The van der Waals surface area contributed by atoms with Gasteiger partial charge in [-0.2, -0.15) is 10.1 Å². The summed E-state index contributed by atoms with van der Waals surface area (Å²) >= 11 is 0. The smallest absolute Gasteiger partial charge is 0.226 e. The Morgan fingerprint density at radius 2 is 2.05 bits per heavy atom. The Kier molecular flexibility index (Phi) is 5.30. The van der Waals surface area contributed by atoms with Crippen molar-refractivity contribution >= 4 is 5.95 Å². The predicted octanol–water partition coefficient (Wildman–Crippen LogP) is 2.99. The van der Waals surface area contributed by atoms with Gasteiger partial charge in [0.15, 0.2) is 5.82 Å². The summed E-state index contributed by atoms with van der Waals surface area (Å²) in [5, 5.41) is 10.5. The molecule has 0 fully saturated rings. The molecule has 0 aliphatic heterocycles. The molecule has 0 bridgehead atoms. The fourth-order valence-corrected chi connectivity index (χ4v) is 1.93. The lowest BCUT2D eigenvalue weighted by Crippen LogP contribution is -2.12. The minimum absolute atomic E-state index is 0.0671. The lowest BCUT2D eigenvalue weighted by Gasteiger charge is -2.12. The van der Waals surface area contributed by atoms with E-state index in [1.807, 2.05) is 20.8 Å². The molecule has 2 unspecified atom stereocenters. The van der Waals surface area contributed by atoms with Crippen molar-refractivity contribution in [1.82, 2.24) is 25.1 Å². The standard InChI is InChI=1S/C15H24N6O/c1-6-9(3)12-18-13(21-20-12)11(5)17-15-16-8-10(4)14(19-15)22-7-2/h8-9,11H,6-7H2,1-5H3,(H,16,17,19)(H,18,20,21). The van der Waals surface area contributed by atoms with Crippen molar-refractivity contribution in [2.24, 2.45) is 0 Å². The molecule has 0 amide bonds. The zero-order valence-corrected chi connectivity index (χ0v) is 13.8. The average molecular weight is 304 g/mol. The van der Waals surface area contributed by atoms with Gasteiger partial charge in [-0.05, 0) is 27.2 Å². The van der Waals surface area contributed by atoms with Crippen LogP contribution >= 0.6 is 0 Å². The first-order valence-corrected chi connectivity index (χ1v) is 7.70. The molecule has 2 rings (SSSR count). The third kappa shape index (κ3) is 3.72. The first-order chi connectivity index (χ1) is 10.5. The molecule has 2 aromatic rings. The number of aryl methyl sites for hydroxylation is 1. The number of ether oxygens (including phenoxy) is 1. The van der Waals surface area contributed by atoms with Crippen LogP contribution in [0.15, 0.2) is 6.20 Å². The van der Waals surface area contributed by atoms with Gasteiger partial charge in [-0.15, -0.1) is 0 Å². The van der Waals surface area contributed by atoms with Crippen LogP contribution in [0, 0.1) is 6.92 Å². The van der Waals surface area contributed by atoms with Gasteiger partial charge in [0.2, 0.25) is 11.8 Å². The van der Waals surface area contributed by atoms with Gasteiger partial charge in [0.25, 0.3) is 0 Å². The molecule has 0 spiro atoms. The normalized spacial score (nSPS) is 13.7. The summed E-state index contributed by atoms with van der Waals surface area (Å²) in [4.78, 5) is 13.2. The first kappa shape index (κ1) is 16.2. The zero-order chi connectivity index (χ0) is 16.1. The molecular formula is C15H24N6O. The molecule has 7 nitrogen and oxygen atoms in total. The monoisotopic (exact) mass is 304 g/mol. The molecule has 22 heavy (non-hydrogen) atoms. The summed E-state index contributed by atoms with van der Waals surface area (Å²) < 4.78 is 5.49. The summed E-state index contributed by atoms with van der Waals surface area (Å²) in [6.07, 6.45) is 2.76. The third-order valence-corrected chi connectivity index (χ3v) is 3.54. The van der Waals surface area contributed by atoms with E-state index in [0.717, 1.165) is 23.6 Å². The lowest BCUT2D eigenvalue weighted by molar-refractivity contribution is 0.324. The van der Waals surface area contributed by atoms with E-state index in [-0.39, 0.29) is 6.04 Å². The molecular weight excluding hydrogens is 280 g/mol. The molecule has 7 heteroatoms. The summed E-state index contributed by atoms with van der Waals surface area (Å²) in [7, 11) is 0. The molecule has 0 radical (unpaired) electrons. The van der Waals surface area contributed by atoms with Gasteiger partial charge < -0.3 is 10.1 Å². The number of H-pyrrole nitrogens is 1. The van der Waals surface area contributed by atoms with Crippen LogP contribution in [-0.4, -0.2) is 31.8 Å². The van der Waals surface area contributed by atoms with E-state index in [2.05, 4.69) is 44.3 Å². The minimum Gasteiger partial charge on any atom is -0.478 e. The molecule has 2 aromatic heterocycles. The molecule has 0 aliphatic rings. The van der Waals surface area contributed by atoms with E-state index in [1.165, 1.54) is 0 Å². The maximum Gasteiger partial charge on any atom is 0.226 e. The van der Waals surface area contributed by atoms with Crippen LogP contribution in [0.5, 0.6) is 5.88 Å². The van der Waals surface area contributed by atoms with E-state index in [0.29, 0.717) is 24.4 Å². The second-order valence-electron chi connectivity index (χ2n) is 5.37. The van der Waals surface area contributed by atoms with E-state index in [9.17, 15) is 0 Å². The molecule has 0 aliphatic carbocycles. The molecule has 2 atom stereocenters. The SMILES string of the molecule is CCOc1nc(NC(C)c2nc(C(C)CC)n[nH]2)ncc1C. The van der Waals surface area contributed by atoms with Gasteiger partial charge in [0.1, 0.15) is 5.82 Å². The van der Waals surface area contributed by atoms with Crippen LogP contribution in [0.3, 0.4) is 0 Å². The second kappa shape index (κ2) is 7.20. The zero-order valence-electron chi connectivity index (χ0n) is 13.8. The molecule has 0 saturated heterocycles. The number of aromatic nitrogens is 5. The highest BCUT2D eigenvalue weighted by Gasteiger charge is 2.15. The van der Waals surface area contributed by atoms with E-state index in [4.69, 9.17) is 4.74 Å². The third-order valence-electron chi connectivity index (χ3n) is 3.54. The molecule has 2 heterocycles. The highest BCUT2D eigenvalue weighted by molar-refractivity contribution is 5.34. The summed E-state index contributed by atoms with van der Waals surface area (Å²) in [6.45, 7) is 10.7. The van der Waals surface area contributed by atoms with E-state index in [1.54, 1.807) is 6.20 Å². The Morgan fingerprint density at radius 1 is 1.27 bits per heavy atom.